The highest BCUT2D eigenvalue weighted by atomic mass is 16.5. The lowest BCUT2D eigenvalue weighted by atomic mass is 9.89. The Balaban J connectivity index is 2.26. The van der Waals surface area contributed by atoms with E-state index in [0.717, 1.165) is 18.4 Å². The first-order chi connectivity index (χ1) is 7.70. The third-order valence-electron chi connectivity index (χ3n) is 3.03. The Morgan fingerprint density at radius 3 is 2.81 bits per heavy atom. The van der Waals surface area contributed by atoms with Gasteiger partial charge in [0, 0.05) is 25.3 Å². The van der Waals surface area contributed by atoms with E-state index >= 15 is 0 Å². The minimum Gasteiger partial charge on any atom is -0.383 e. The number of pyridine rings is 1. The second-order valence-corrected chi connectivity index (χ2v) is 4.14. The third-order valence-corrected chi connectivity index (χ3v) is 3.03. The van der Waals surface area contributed by atoms with Crippen molar-refractivity contribution < 1.29 is 9.53 Å². The van der Waals surface area contributed by atoms with Crippen LogP contribution in [0.4, 0.5) is 5.82 Å². The summed E-state index contributed by atoms with van der Waals surface area (Å²) in [6, 6.07) is 1.82. The van der Waals surface area contributed by atoms with Crippen LogP contribution in [0.1, 0.15) is 28.8 Å². The van der Waals surface area contributed by atoms with Crippen LogP contribution in [-0.2, 0) is 4.74 Å². The van der Waals surface area contributed by atoms with Crippen molar-refractivity contribution in [2.24, 2.45) is 5.92 Å². The van der Waals surface area contributed by atoms with Gasteiger partial charge in [0.05, 0.1) is 5.56 Å². The van der Waals surface area contributed by atoms with Gasteiger partial charge >= 0.3 is 0 Å². The Labute approximate surface area is 94.8 Å². The zero-order chi connectivity index (χ0) is 11.5. The fraction of sp³-hybridized carbons (Fsp3) is 0.500. The molecule has 4 heteroatoms. The van der Waals surface area contributed by atoms with Gasteiger partial charge in [-0.05, 0) is 31.4 Å². The minimum absolute atomic E-state index is 0.0407. The van der Waals surface area contributed by atoms with Crippen LogP contribution in [-0.4, -0.2) is 24.0 Å². The number of nitrogens with zero attached hydrogens (tertiary/aromatic N) is 1. The van der Waals surface area contributed by atoms with Crippen LogP contribution in [0, 0.1) is 12.8 Å². The summed E-state index contributed by atoms with van der Waals surface area (Å²) in [6.07, 6.45) is 3.20. The lowest BCUT2D eigenvalue weighted by molar-refractivity contribution is 0.0545. The summed E-state index contributed by atoms with van der Waals surface area (Å²) in [5, 5.41) is 0. The first kappa shape index (κ1) is 11.1. The van der Waals surface area contributed by atoms with Crippen molar-refractivity contribution in [3.05, 3.63) is 23.4 Å². The van der Waals surface area contributed by atoms with Gasteiger partial charge < -0.3 is 10.5 Å². The predicted molar refractivity (Wildman–Crippen MR) is 61.3 cm³/mol. The van der Waals surface area contributed by atoms with Crippen LogP contribution in [0.5, 0.6) is 0 Å². The van der Waals surface area contributed by atoms with E-state index in [4.69, 9.17) is 10.5 Å². The first-order valence-electron chi connectivity index (χ1n) is 5.53. The van der Waals surface area contributed by atoms with E-state index in [1.165, 1.54) is 0 Å². The van der Waals surface area contributed by atoms with E-state index in [1.807, 2.05) is 13.0 Å². The number of hydrogen-bond donors (Lipinski definition) is 1. The van der Waals surface area contributed by atoms with Crippen LogP contribution in [0.3, 0.4) is 0 Å². The summed E-state index contributed by atoms with van der Waals surface area (Å²) >= 11 is 0. The van der Waals surface area contributed by atoms with Gasteiger partial charge in [0.15, 0.2) is 5.78 Å². The number of ketones is 1. The van der Waals surface area contributed by atoms with Crippen LogP contribution in [0.25, 0.3) is 0 Å². The molecule has 2 heterocycles. The van der Waals surface area contributed by atoms with E-state index in [2.05, 4.69) is 4.98 Å². The number of anilines is 1. The molecule has 0 unspecified atom stereocenters. The molecular weight excluding hydrogens is 204 g/mol. The number of rotatable bonds is 2. The van der Waals surface area contributed by atoms with Gasteiger partial charge in [-0.1, -0.05) is 0 Å². The monoisotopic (exact) mass is 220 g/mol. The zero-order valence-electron chi connectivity index (χ0n) is 9.40. The highest BCUT2D eigenvalue weighted by molar-refractivity contribution is 6.02. The normalized spacial score (nSPS) is 17.3. The summed E-state index contributed by atoms with van der Waals surface area (Å²) in [5.74, 6) is 0.502. The summed E-state index contributed by atoms with van der Waals surface area (Å²) in [5.41, 5.74) is 7.26. The van der Waals surface area contributed by atoms with E-state index in [9.17, 15) is 4.79 Å². The van der Waals surface area contributed by atoms with Crippen molar-refractivity contribution in [3.63, 3.8) is 0 Å². The second-order valence-electron chi connectivity index (χ2n) is 4.14. The fourth-order valence-corrected chi connectivity index (χ4v) is 2.06. The van der Waals surface area contributed by atoms with Gasteiger partial charge in [-0.3, -0.25) is 4.79 Å². The smallest absolute Gasteiger partial charge is 0.170 e. The molecule has 0 amide bonds. The molecule has 0 aromatic carbocycles. The van der Waals surface area contributed by atoms with Crippen molar-refractivity contribution >= 4 is 11.6 Å². The Kier molecular flexibility index (Phi) is 3.19. The molecular formula is C12H16N2O2. The molecule has 2 N–H and O–H groups in total. The number of carbonyl (C=O) groups excluding carboxylic acids is 1. The van der Waals surface area contributed by atoms with Crippen LogP contribution >= 0.6 is 0 Å². The number of nitrogen functional groups attached to an aromatic ring is 1. The predicted octanol–water partition coefficient (Wildman–Crippen LogP) is 1.58. The molecule has 1 aliphatic rings. The van der Waals surface area contributed by atoms with Gasteiger partial charge in [0.25, 0.3) is 0 Å². The quantitative estimate of drug-likeness (QED) is 0.768. The maximum absolute atomic E-state index is 12.3. The molecule has 2 rings (SSSR count). The van der Waals surface area contributed by atoms with Crippen molar-refractivity contribution in [2.45, 2.75) is 19.8 Å². The maximum Gasteiger partial charge on any atom is 0.170 e. The maximum atomic E-state index is 12.3. The van der Waals surface area contributed by atoms with E-state index in [1.54, 1.807) is 6.20 Å². The van der Waals surface area contributed by atoms with Crippen molar-refractivity contribution in [1.29, 1.82) is 0 Å². The molecule has 16 heavy (non-hydrogen) atoms. The zero-order valence-corrected chi connectivity index (χ0v) is 9.40. The topological polar surface area (TPSA) is 65.2 Å². The Bertz CT molecular complexity index is 378. The molecule has 0 saturated carbocycles. The third kappa shape index (κ3) is 2.07. The Morgan fingerprint density at radius 1 is 1.50 bits per heavy atom. The molecule has 0 atom stereocenters. The van der Waals surface area contributed by atoms with Crippen molar-refractivity contribution in [2.75, 3.05) is 18.9 Å². The lowest BCUT2D eigenvalue weighted by Gasteiger charge is -2.21. The molecule has 1 saturated heterocycles. The Morgan fingerprint density at radius 2 is 2.19 bits per heavy atom. The van der Waals surface area contributed by atoms with Crippen molar-refractivity contribution in [1.82, 2.24) is 4.98 Å². The number of aryl methyl sites for hydroxylation is 1. The molecule has 1 aliphatic heterocycles. The van der Waals surface area contributed by atoms with E-state index < -0.39 is 0 Å². The molecule has 1 aromatic heterocycles. The van der Waals surface area contributed by atoms with E-state index in [0.29, 0.717) is 24.6 Å². The Hall–Kier alpha value is -1.42. The van der Waals surface area contributed by atoms with Gasteiger partial charge in [-0.15, -0.1) is 0 Å². The average Bonchev–Trinajstić information content (AvgIpc) is 2.30. The van der Waals surface area contributed by atoms with Gasteiger partial charge in [0.1, 0.15) is 5.82 Å². The van der Waals surface area contributed by atoms with Crippen molar-refractivity contribution in [3.8, 4) is 0 Å². The molecule has 1 aromatic rings. The second kappa shape index (κ2) is 4.61. The van der Waals surface area contributed by atoms with Gasteiger partial charge in [-0.2, -0.15) is 0 Å². The molecule has 0 aliphatic carbocycles. The first-order valence-corrected chi connectivity index (χ1v) is 5.53. The standard InChI is InChI=1S/C12H16N2O2/c1-8-2-5-14-12(13)10(8)11(15)9-3-6-16-7-4-9/h2,5,9H,3-4,6-7H2,1H3,(H2,13,14). The summed E-state index contributed by atoms with van der Waals surface area (Å²) in [6.45, 7) is 3.22. The van der Waals surface area contributed by atoms with Gasteiger partial charge in [0.2, 0.25) is 0 Å². The highest BCUT2D eigenvalue weighted by Gasteiger charge is 2.25. The largest absolute Gasteiger partial charge is 0.383 e. The van der Waals surface area contributed by atoms with Crippen LogP contribution in [0.2, 0.25) is 0 Å². The van der Waals surface area contributed by atoms with E-state index in [-0.39, 0.29) is 11.7 Å². The molecule has 86 valence electrons. The molecule has 4 nitrogen and oxygen atoms in total. The molecule has 0 radical (unpaired) electrons. The molecule has 0 bridgehead atoms. The summed E-state index contributed by atoms with van der Waals surface area (Å²) in [4.78, 5) is 16.2. The highest BCUT2D eigenvalue weighted by Crippen LogP contribution is 2.24. The number of carbonyl (C=O) groups is 1. The van der Waals surface area contributed by atoms with Crippen LogP contribution < -0.4 is 5.73 Å². The fourth-order valence-electron chi connectivity index (χ4n) is 2.06. The number of hydrogen-bond acceptors (Lipinski definition) is 4. The average molecular weight is 220 g/mol. The molecule has 0 spiro atoms. The number of nitrogens with two attached hydrogens (primary N) is 1. The lowest BCUT2D eigenvalue weighted by Crippen LogP contribution is -2.25. The number of aromatic nitrogens is 1. The minimum atomic E-state index is 0.0407. The summed E-state index contributed by atoms with van der Waals surface area (Å²) < 4.78 is 5.25. The number of ether oxygens (including phenoxy) is 1. The van der Waals surface area contributed by atoms with Gasteiger partial charge in [-0.25, -0.2) is 4.98 Å². The molecule has 1 fully saturated rings. The summed E-state index contributed by atoms with van der Waals surface area (Å²) in [7, 11) is 0. The number of Topliss-reactive ketones (excluding diaryl/α,β-unsaturated/α-hetero) is 1. The SMILES string of the molecule is Cc1ccnc(N)c1C(=O)C1CCOCC1. The van der Waals surface area contributed by atoms with Crippen LogP contribution in [0.15, 0.2) is 12.3 Å².